The van der Waals surface area contributed by atoms with Crippen LogP contribution in [0.4, 0.5) is 5.95 Å². The molecule has 1 aromatic carbocycles. The summed E-state index contributed by atoms with van der Waals surface area (Å²) in [5.41, 5.74) is 2.49. The first-order chi connectivity index (χ1) is 10.7. The lowest BCUT2D eigenvalue weighted by Crippen LogP contribution is -2.44. The summed E-state index contributed by atoms with van der Waals surface area (Å²) in [4.78, 5) is 11.3. The molecule has 1 aliphatic rings. The Hall–Kier alpha value is -1.94. The van der Waals surface area contributed by atoms with Crippen LogP contribution in [0.3, 0.4) is 0 Å². The van der Waals surface area contributed by atoms with E-state index in [0.717, 1.165) is 37.4 Å². The second-order valence-electron chi connectivity index (χ2n) is 6.25. The lowest BCUT2D eigenvalue weighted by Gasteiger charge is -2.38. The van der Waals surface area contributed by atoms with Gasteiger partial charge in [0, 0.05) is 37.6 Å². The van der Waals surface area contributed by atoms with E-state index in [9.17, 15) is 0 Å². The van der Waals surface area contributed by atoms with Crippen molar-refractivity contribution in [2.75, 3.05) is 11.9 Å². The van der Waals surface area contributed by atoms with Crippen molar-refractivity contribution in [3.8, 4) is 0 Å². The fourth-order valence-corrected chi connectivity index (χ4v) is 3.05. The first-order valence-electron chi connectivity index (χ1n) is 8.04. The van der Waals surface area contributed by atoms with Crippen LogP contribution in [-0.2, 0) is 6.54 Å². The second kappa shape index (κ2) is 6.88. The molecule has 0 bridgehead atoms. The SMILES string of the molecule is Cc1cnc(NC2CCN(Cc3ccccc3)C(C)C2)nc1. The zero-order chi connectivity index (χ0) is 15.4. The van der Waals surface area contributed by atoms with Crippen molar-refractivity contribution in [1.82, 2.24) is 14.9 Å². The molecule has 0 saturated carbocycles. The van der Waals surface area contributed by atoms with E-state index in [2.05, 4.69) is 57.4 Å². The smallest absolute Gasteiger partial charge is 0.222 e. The maximum absolute atomic E-state index is 4.35. The summed E-state index contributed by atoms with van der Waals surface area (Å²) >= 11 is 0. The number of piperidine rings is 1. The Bertz CT molecular complexity index is 582. The summed E-state index contributed by atoms with van der Waals surface area (Å²) < 4.78 is 0. The average molecular weight is 296 g/mol. The summed E-state index contributed by atoms with van der Waals surface area (Å²) in [5, 5.41) is 3.47. The van der Waals surface area contributed by atoms with Crippen molar-refractivity contribution in [3.63, 3.8) is 0 Å². The van der Waals surface area contributed by atoms with Gasteiger partial charge in [0.15, 0.2) is 0 Å². The minimum Gasteiger partial charge on any atom is -0.351 e. The summed E-state index contributed by atoms with van der Waals surface area (Å²) in [6.07, 6.45) is 5.99. The highest BCUT2D eigenvalue weighted by Crippen LogP contribution is 2.21. The van der Waals surface area contributed by atoms with E-state index in [0.29, 0.717) is 12.1 Å². The molecule has 4 heteroatoms. The maximum atomic E-state index is 4.35. The van der Waals surface area contributed by atoms with Gasteiger partial charge < -0.3 is 5.32 Å². The minimum absolute atomic E-state index is 0.463. The number of nitrogens with one attached hydrogen (secondary N) is 1. The predicted octanol–water partition coefficient (Wildman–Crippen LogP) is 3.25. The lowest BCUT2D eigenvalue weighted by atomic mass is 9.97. The van der Waals surface area contributed by atoms with Crippen LogP contribution in [0.25, 0.3) is 0 Å². The maximum Gasteiger partial charge on any atom is 0.222 e. The molecular weight excluding hydrogens is 272 g/mol. The van der Waals surface area contributed by atoms with E-state index in [1.54, 1.807) is 0 Å². The zero-order valence-corrected chi connectivity index (χ0v) is 13.4. The minimum atomic E-state index is 0.463. The number of rotatable bonds is 4. The third kappa shape index (κ3) is 3.83. The number of nitrogens with zero attached hydrogens (tertiary/aromatic N) is 3. The Morgan fingerprint density at radius 3 is 2.59 bits per heavy atom. The highest BCUT2D eigenvalue weighted by atomic mass is 15.2. The number of likely N-dealkylation sites (tertiary alicyclic amines) is 1. The van der Waals surface area contributed by atoms with E-state index in [4.69, 9.17) is 0 Å². The van der Waals surface area contributed by atoms with Gasteiger partial charge in [0.05, 0.1) is 0 Å². The molecule has 3 rings (SSSR count). The van der Waals surface area contributed by atoms with E-state index in [-0.39, 0.29) is 0 Å². The van der Waals surface area contributed by atoms with Gasteiger partial charge in [-0.3, -0.25) is 4.90 Å². The van der Waals surface area contributed by atoms with E-state index in [1.165, 1.54) is 5.56 Å². The number of benzene rings is 1. The molecule has 0 amide bonds. The van der Waals surface area contributed by atoms with Crippen LogP contribution in [0.1, 0.15) is 30.9 Å². The molecule has 0 radical (unpaired) electrons. The normalized spacial score (nSPS) is 22.5. The van der Waals surface area contributed by atoms with Crippen molar-refractivity contribution in [2.45, 2.75) is 45.3 Å². The van der Waals surface area contributed by atoms with Crippen molar-refractivity contribution in [2.24, 2.45) is 0 Å². The fourth-order valence-electron chi connectivity index (χ4n) is 3.05. The summed E-state index contributed by atoms with van der Waals surface area (Å²) in [6.45, 7) is 6.47. The van der Waals surface area contributed by atoms with Crippen LogP contribution in [0, 0.1) is 6.92 Å². The van der Waals surface area contributed by atoms with Gasteiger partial charge in [-0.25, -0.2) is 9.97 Å². The van der Waals surface area contributed by atoms with Gasteiger partial charge in [-0.05, 0) is 37.8 Å². The van der Waals surface area contributed by atoms with E-state index < -0.39 is 0 Å². The van der Waals surface area contributed by atoms with E-state index in [1.807, 2.05) is 19.3 Å². The highest BCUT2D eigenvalue weighted by molar-refractivity contribution is 5.26. The predicted molar refractivity (Wildman–Crippen MR) is 89.7 cm³/mol. The van der Waals surface area contributed by atoms with Crippen molar-refractivity contribution >= 4 is 5.95 Å². The van der Waals surface area contributed by atoms with Crippen LogP contribution in [0.5, 0.6) is 0 Å². The van der Waals surface area contributed by atoms with Gasteiger partial charge in [0.2, 0.25) is 5.95 Å². The Kier molecular flexibility index (Phi) is 4.68. The quantitative estimate of drug-likeness (QED) is 0.940. The van der Waals surface area contributed by atoms with Crippen LogP contribution in [0.2, 0.25) is 0 Å². The molecule has 2 aromatic rings. The van der Waals surface area contributed by atoms with Crippen LogP contribution < -0.4 is 5.32 Å². The Morgan fingerprint density at radius 1 is 1.18 bits per heavy atom. The molecule has 2 heterocycles. The van der Waals surface area contributed by atoms with Gasteiger partial charge in [-0.2, -0.15) is 0 Å². The average Bonchev–Trinajstić information content (AvgIpc) is 2.53. The topological polar surface area (TPSA) is 41.1 Å². The van der Waals surface area contributed by atoms with Gasteiger partial charge >= 0.3 is 0 Å². The second-order valence-corrected chi connectivity index (χ2v) is 6.25. The van der Waals surface area contributed by atoms with Crippen LogP contribution >= 0.6 is 0 Å². The molecule has 1 aliphatic heterocycles. The van der Waals surface area contributed by atoms with Gasteiger partial charge in [-0.1, -0.05) is 30.3 Å². The van der Waals surface area contributed by atoms with Crippen molar-refractivity contribution in [1.29, 1.82) is 0 Å². The largest absolute Gasteiger partial charge is 0.351 e. The molecule has 1 fully saturated rings. The van der Waals surface area contributed by atoms with Crippen LogP contribution in [-0.4, -0.2) is 33.5 Å². The summed E-state index contributed by atoms with van der Waals surface area (Å²) in [5.74, 6) is 0.749. The summed E-state index contributed by atoms with van der Waals surface area (Å²) in [7, 11) is 0. The molecule has 1 N–H and O–H groups in total. The van der Waals surface area contributed by atoms with Crippen LogP contribution in [0.15, 0.2) is 42.7 Å². The number of aryl methyl sites for hydroxylation is 1. The molecule has 2 atom stereocenters. The molecule has 0 spiro atoms. The molecule has 4 nitrogen and oxygen atoms in total. The van der Waals surface area contributed by atoms with Crippen molar-refractivity contribution < 1.29 is 0 Å². The molecule has 0 aliphatic carbocycles. The Balaban J connectivity index is 1.54. The number of hydrogen-bond acceptors (Lipinski definition) is 4. The first-order valence-corrected chi connectivity index (χ1v) is 8.04. The third-order valence-electron chi connectivity index (χ3n) is 4.36. The Morgan fingerprint density at radius 2 is 1.91 bits per heavy atom. The molecule has 2 unspecified atom stereocenters. The van der Waals surface area contributed by atoms with E-state index >= 15 is 0 Å². The third-order valence-corrected chi connectivity index (χ3v) is 4.36. The molecule has 22 heavy (non-hydrogen) atoms. The highest BCUT2D eigenvalue weighted by Gasteiger charge is 2.25. The standard InChI is InChI=1S/C18H24N4/c1-14-11-19-18(20-12-14)21-17-8-9-22(15(2)10-17)13-16-6-4-3-5-7-16/h3-7,11-12,15,17H,8-10,13H2,1-2H3,(H,19,20,21). The van der Waals surface area contributed by atoms with Crippen molar-refractivity contribution in [3.05, 3.63) is 53.9 Å². The fraction of sp³-hybridized carbons (Fsp3) is 0.444. The number of anilines is 1. The van der Waals surface area contributed by atoms with Gasteiger partial charge in [0.25, 0.3) is 0 Å². The summed E-state index contributed by atoms with van der Waals surface area (Å²) in [6, 6.07) is 11.7. The first kappa shape index (κ1) is 15.0. The zero-order valence-electron chi connectivity index (χ0n) is 13.4. The number of aromatic nitrogens is 2. The lowest BCUT2D eigenvalue weighted by molar-refractivity contribution is 0.144. The number of hydrogen-bond donors (Lipinski definition) is 1. The molecule has 116 valence electrons. The van der Waals surface area contributed by atoms with Gasteiger partial charge in [0.1, 0.15) is 0 Å². The molecule has 1 aromatic heterocycles. The molecule has 1 saturated heterocycles. The molecular formula is C18H24N4. The Labute approximate surface area is 132 Å². The monoisotopic (exact) mass is 296 g/mol. The van der Waals surface area contributed by atoms with Gasteiger partial charge in [-0.15, -0.1) is 0 Å².